The molecule has 0 atom stereocenters. The summed E-state index contributed by atoms with van der Waals surface area (Å²) in [6.45, 7) is 15.9. The maximum absolute atomic E-state index is 5.38. The highest BCUT2D eigenvalue weighted by Gasteiger charge is 2.12. The summed E-state index contributed by atoms with van der Waals surface area (Å²) in [6.07, 6.45) is 3.49. The van der Waals surface area contributed by atoms with Gasteiger partial charge in [-0.2, -0.15) is 0 Å². The topological polar surface area (TPSA) is 62.0 Å². The van der Waals surface area contributed by atoms with Crippen molar-refractivity contribution in [1.82, 2.24) is 15.5 Å². The molecule has 7 heteroatoms. The molecule has 0 spiro atoms. The fraction of sp³-hybridized carbons (Fsp3) is 0.750. The van der Waals surface area contributed by atoms with E-state index in [1.807, 2.05) is 19.1 Å². The molecule has 0 fully saturated rings. The van der Waals surface area contributed by atoms with Crippen LogP contribution in [0, 0.1) is 0 Å². The lowest BCUT2D eigenvalue weighted by Crippen LogP contribution is -2.45. The van der Waals surface area contributed by atoms with Gasteiger partial charge in [-0.15, -0.1) is 24.0 Å². The first kappa shape index (κ1) is 26.2. The molecule has 1 heterocycles. The molecular weight excluding hydrogens is 455 g/mol. The van der Waals surface area contributed by atoms with E-state index in [2.05, 4.69) is 48.2 Å². The van der Waals surface area contributed by atoms with Crippen molar-refractivity contribution in [2.24, 2.45) is 4.99 Å². The largest absolute Gasteiger partial charge is 0.469 e. The molecule has 2 N–H and O–H groups in total. The summed E-state index contributed by atoms with van der Waals surface area (Å²) in [5.41, 5.74) is 0. The number of furan rings is 1. The molecule has 0 aliphatic carbocycles. The van der Waals surface area contributed by atoms with Crippen LogP contribution in [0.2, 0.25) is 0 Å². The van der Waals surface area contributed by atoms with Crippen molar-refractivity contribution < 1.29 is 9.15 Å². The van der Waals surface area contributed by atoms with Crippen molar-refractivity contribution in [3.05, 3.63) is 24.2 Å². The minimum Gasteiger partial charge on any atom is -0.469 e. The molecule has 0 unspecified atom stereocenters. The zero-order valence-electron chi connectivity index (χ0n) is 17.7. The van der Waals surface area contributed by atoms with Gasteiger partial charge in [0.2, 0.25) is 0 Å². The van der Waals surface area contributed by atoms with Gasteiger partial charge in [0, 0.05) is 57.9 Å². The van der Waals surface area contributed by atoms with Crippen LogP contribution >= 0.6 is 24.0 Å². The van der Waals surface area contributed by atoms with Crippen LogP contribution in [0.25, 0.3) is 0 Å². The molecule has 1 rings (SSSR count). The summed E-state index contributed by atoms with van der Waals surface area (Å²) in [5.74, 6) is 1.85. The Morgan fingerprint density at radius 1 is 1.19 bits per heavy atom. The summed E-state index contributed by atoms with van der Waals surface area (Å²) in [7, 11) is 0. The monoisotopic (exact) mass is 494 g/mol. The van der Waals surface area contributed by atoms with E-state index in [0.717, 1.165) is 64.0 Å². The van der Waals surface area contributed by atoms with Crippen LogP contribution in [0.3, 0.4) is 0 Å². The van der Waals surface area contributed by atoms with Gasteiger partial charge in [0.1, 0.15) is 5.76 Å². The van der Waals surface area contributed by atoms with E-state index in [0.29, 0.717) is 12.1 Å². The van der Waals surface area contributed by atoms with Crippen LogP contribution in [-0.2, 0) is 11.2 Å². The number of aliphatic imine (C=N–C) groups is 1. The van der Waals surface area contributed by atoms with Crippen LogP contribution in [0.1, 0.15) is 46.8 Å². The summed E-state index contributed by atoms with van der Waals surface area (Å²) in [4.78, 5) is 7.14. The number of hydrogen-bond donors (Lipinski definition) is 2. The number of guanidine groups is 1. The van der Waals surface area contributed by atoms with Gasteiger partial charge >= 0.3 is 0 Å². The Bertz CT molecular complexity index is 470. The Balaban J connectivity index is 0.00000676. The first-order valence-corrected chi connectivity index (χ1v) is 9.92. The fourth-order valence-corrected chi connectivity index (χ4v) is 2.85. The van der Waals surface area contributed by atoms with Crippen molar-refractivity contribution in [2.75, 3.05) is 39.4 Å². The average Bonchev–Trinajstić information content (AvgIpc) is 3.10. The Labute approximate surface area is 182 Å². The van der Waals surface area contributed by atoms with Crippen molar-refractivity contribution >= 4 is 29.9 Å². The minimum absolute atomic E-state index is 0. The Morgan fingerprint density at radius 2 is 1.89 bits per heavy atom. The lowest BCUT2D eigenvalue weighted by molar-refractivity contribution is 0.146. The third kappa shape index (κ3) is 12.3. The zero-order valence-corrected chi connectivity index (χ0v) is 20.0. The van der Waals surface area contributed by atoms with Crippen molar-refractivity contribution in [3.8, 4) is 0 Å². The second-order valence-corrected chi connectivity index (χ2v) is 6.89. The smallest absolute Gasteiger partial charge is 0.191 e. The summed E-state index contributed by atoms with van der Waals surface area (Å²) in [6, 6.07) is 4.99. The number of ether oxygens (including phenoxy) is 1. The van der Waals surface area contributed by atoms with Crippen LogP contribution in [-0.4, -0.2) is 62.3 Å². The van der Waals surface area contributed by atoms with Gasteiger partial charge in [-0.25, -0.2) is 0 Å². The Hall–Kier alpha value is -0.800. The normalized spacial score (nSPS) is 11.9. The molecule has 1 aromatic rings. The lowest BCUT2D eigenvalue weighted by atomic mass is 10.2. The molecule has 0 amide bonds. The minimum atomic E-state index is 0. The van der Waals surface area contributed by atoms with Gasteiger partial charge in [-0.3, -0.25) is 9.89 Å². The molecule has 1 aromatic heterocycles. The van der Waals surface area contributed by atoms with Gasteiger partial charge in [0.15, 0.2) is 5.96 Å². The molecule has 27 heavy (non-hydrogen) atoms. The third-order valence-corrected chi connectivity index (χ3v) is 4.15. The van der Waals surface area contributed by atoms with Gasteiger partial charge in [0.05, 0.1) is 6.26 Å². The standard InChI is InChI=1S/C20H38N4O2.HI/c1-6-25-15-8-11-21-20(22-12-10-19-9-7-16-26-19)23-13-14-24(17(2)3)18(4)5;/h7,9,16-18H,6,8,10-15H2,1-5H3,(H2,21,22,23);1H. The highest BCUT2D eigenvalue weighted by molar-refractivity contribution is 14.0. The molecule has 0 saturated heterocycles. The molecule has 158 valence electrons. The summed E-state index contributed by atoms with van der Waals surface area (Å²) in [5, 5.41) is 6.86. The quantitative estimate of drug-likeness (QED) is 0.190. The van der Waals surface area contributed by atoms with E-state index in [4.69, 9.17) is 9.15 Å². The second kappa shape index (κ2) is 16.2. The van der Waals surface area contributed by atoms with Crippen LogP contribution in [0.4, 0.5) is 0 Å². The highest BCUT2D eigenvalue weighted by Crippen LogP contribution is 2.03. The van der Waals surface area contributed by atoms with E-state index < -0.39 is 0 Å². The molecule has 0 aliphatic rings. The SMILES string of the molecule is CCOCCCN=C(NCCc1ccco1)NCCN(C(C)C)C(C)C.I. The van der Waals surface area contributed by atoms with E-state index in [9.17, 15) is 0 Å². The predicted octanol–water partition coefficient (Wildman–Crippen LogP) is 3.52. The van der Waals surface area contributed by atoms with E-state index in [1.54, 1.807) is 6.26 Å². The Kier molecular flexibility index (Phi) is 15.7. The second-order valence-electron chi connectivity index (χ2n) is 6.89. The molecule has 0 aromatic carbocycles. The number of nitrogens with one attached hydrogen (secondary N) is 2. The summed E-state index contributed by atoms with van der Waals surface area (Å²) < 4.78 is 10.8. The van der Waals surface area contributed by atoms with Crippen LogP contribution in [0.15, 0.2) is 27.8 Å². The predicted molar refractivity (Wildman–Crippen MR) is 124 cm³/mol. The number of hydrogen-bond acceptors (Lipinski definition) is 4. The van der Waals surface area contributed by atoms with Crippen molar-refractivity contribution in [2.45, 2.75) is 59.5 Å². The molecule has 0 radical (unpaired) electrons. The number of halogens is 1. The van der Waals surface area contributed by atoms with Crippen molar-refractivity contribution in [3.63, 3.8) is 0 Å². The van der Waals surface area contributed by atoms with Gasteiger partial charge in [-0.1, -0.05) is 0 Å². The number of rotatable bonds is 13. The molecular formula is C20H39IN4O2. The molecule has 0 bridgehead atoms. The Morgan fingerprint density at radius 3 is 2.48 bits per heavy atom. The third-order valence-electron chi connectivity index (χ3n) is 4.15. The van der Waals surface area contributed by atoms with Gasteiger partial charge in [-0.05, 0) is 53.2 Å². The van der Waals surface area contributed by atoms with Gasteiger partial charge in [0.25, 0.3) is 0 Å². The average molecular weight is 494 g/mol. The molecule has 6 nitrogen and oxygen atoms in total. The fourth-order valence-electron chi connectivity index (χ4n) is 2.85. The number of nitrogens with zero attached hydrogens (tertiary/aromatic N) is 2. The van der Waals surface area contributed by atoms with Gasteiger partial charge < -0.3 is 19.8 Å². The lowest BCUT2D eigenvalue weighted by Gasteiger charge is -2.30. The zero-order chi connectivity index (χ0) is 19.2. The first-order chi connectivity index (χ1) is 12.5. The van der Waals surface area contributed by atoms with Crippen LogP contribution in [0.5, 0.6) is 0 Å². The van der Waals surface area contributed by atoms with E-state index in [-0.39, 0.29) is 24.0 Å². The van der Waals surface area contributed by atoms with E-state index >= 15 is 0 Å². The molecule has 0 saturated carbocycles. The summed E-state index contributed by atoms with van der Waals surface area (Å²) >= 11 is 0. The first-order valence-electron chi connectivity index (χ1n) is 9.92. The maximum atomic E-state index is 5.38. The van der Waals surface area contributed by atoms with Crippen molar-refractivity contribution in [1.29, 1.82) is 0 Å². The van der Waals surface area contributed by atoms with E-state index in [1.165, 1.54) is 0 Å². The molecule has 0 aliphatic heterocycles. The van der Waals surface area contributed by atoms with Crippen LogP contribution < -0.4 is 10.6 Å². The maximum Gasteiger partial charge on any atom is 0.191 e. The highest BCUT2D eigenvalue weighted by atomic mass is 127.